The topological polar surface area (TPSA) is 92.7 Å². The molecule has 0 rings (SSSR count). The van der Waals surface area contributed by atoms with Crippen molar-refractivity contribution in [2.24, 2.45) is 0 Å². The number of unbranched alkanes of at least 4 members (excludes halogenated alkanes) is 12. The summed E-state index contributed by atoms with van der Waals surface area (Å²) in [5.41, 5.74) is 0. The van der Waals surface area contributed by atoms with Gasteiger partial charge in [0.1, 0.15) is 12.6 Å². The summed E-state index contributed by atoms with van der Waals surface area (Å²) in [5, 5.41) is 11.1. The van der Waals surface area contributed by atoms with Crippen molar-refractivity contribution >= 4 is 17.8 Å². The smallest absolute Gasteiger partial charge is 0.322 e. The fourth-order valence-corrected chi connectivity index (χ4v) is 5.65. The summed E-state index contributed by atoms with van der Waals surface area (Å²) in [6.07, 6.45) is 59.8. The van der Waals surface area contributed by atoms with Gasteiger partial charge in [0.2, 0.25) is 5.91 Å². The second-order valence-corrected chi connectivity index (χ2v) is 13.8. The Morgan fingerprint density at radius 3 is 1.41 bits per heavy atom. The molecule has 0 aromatic heterocycles. The van der Waals surface area contributed by atoms with E-state index >= 15 is 0 Å². The highest BCUT2D eigenvalue weighted by Crippen LogP contribution is 2.15. The van der Waals surface area contributed by atoms with Crippen molar-refractivity contribution in [3.05, 3.63) is 97.2 Å². The van der Waals surface area contributed by atoms with Crippen LogP contribution in [0.25, 0.3) is 0 Å². The molecule has 1 atom stereocenters. The van der Waals surface area contributed by atoms with Crippen molar-refractivity contribution in [3.63, 3.8) is 0 Å². The van der Waals surface area contributed by atoms with Gasteiger partial charge in [-0.15, -0.1) is 0 Å². The van der Waals surface area contributed by atoms with E-state index in [1.807, 2.05) is 6.08 Å². The van der Waals surface area contributed by atoms with Gasteiger partial charge in [-0.2, -0.15) is 0 Å². The normalized spacial score (nSPS) is 13.1. The van der Waals surface area contributed by atoms with Gasteiger partial charge in [0.15, 0.2) is 0 Å². The molecule has 6 nitrogen and oxygen atoms in total. The number of carboxylic acids is 1. The summed E-state index contributed by atoms with van der Waals surface area (Å²) in [5.74, 6) is -1.35. The van der Waals surface area contributed by atoms with Gasteiger partial charge in [0.25, 0.3) is 0 Å². The molecule has 304 valence electrons. The minimum absolute atomic E-state index is 0.106. The van der Waals surface area contributed by atoms with Crippen LogP contribution in [0.1, 0.15) is 174 Å². The molecule has 1 unspecified atom stereocenters. The van der Waals surface area contributed by atoms with Crippen LogP contribution in [0.3, 0.4) is 0 Å². The zero-order chi connectivity index (χ0) is 39.4. The molecule has 0 aromatic carbocycles. The summed E-state index contributed by atoms with van der Waals surface area (Å²) in [4.78, 5) is 35.0. The van der Waals surface area contributed by atoms with E-state index in [0.717, 1.165) is 103 Å². The highest BCUT2D eigenvalue weighted by molar-refractivity contribution is 5.80. The number of allylic oxidation sites excluding steroid dienone is 15. The number of amides is 1. The lowest BCUT2D eigenvalue weighted by Gasteiger charge is -2.14. The van der Waals surface area contributed by atoms with Gasteiger partial charge >= 0.3 is 11.9 Å². The van der Waals surface area contributed by atoms with Crippen LogP contribution in [0.2, 0.25) is 0 Å². The highest BCUT2D eigenvalue weighted by Gasteiger charge is 2.11. The van der Waals surface area contributed by atoms with E-state index in [2.05, 4.69) is 110 Å². The number of aliphatic carboxylic acids is 1. The number of hydrogen-bond donors (Lipinski definition) is 2. The summed E-state index contributed by atoms with van der Waals surface area (Å²) in [7, 11) is 0. The molecule has 0 aliphatic heterocycles. The Kier molecular flexibility index (Phi) is 39.2. The molecule has 1 amide bonds. The Morgan fingerprint density at radius 1 is 0.500 bits per heavy atom. The first-order valence-corrected chi connectivity index (χ1v) is 21.4. The van der Waals surface area contributed by atoms with Crippen molar-refractivity contribution in [2.45, 2.75) is 180 Å². The molecule has 2 N–H and O–H groups in total. The van der Waals surface area contributed by atoms with E-state index in [4.69, 9.17) is 9.84 Å². The maximum absolute atomic E-state index is 12.7. The lowest BCUT2D eigenvalue weighted by molar-refractivity contribution is -0.147. The number of hydrogen-bond acceptors (Lipinski definition) is 4. The Balaban J connectivity index is 4.23. The summed E-state index contributed by atoms with van der Waals surface area (Å²) < 4.78 is 5.91. The largest absolute Gasteiger partial charge is 0.480 e. The molecular weight excluding hydrogens is 671 g/mol. The lowest BCUT2D eigenvalue weighted by atomic mass is 10.1. The highest BCUT2D eigenvalue weighted by atomic mass is 16.5. The monoisotopic (exact) mass is 748 g/mol. The van der Waals surface area contributed by atoms with E-state index < -0.39 is 5.97 Å². The number of nitrogens with one attached hydrogen (secondary N) is 1. The third kappa shape index (κ3) is 41.1. The van der Waals surface area contributed by atoms with Crippen molar-refractivity contribution in [1.29, 1.82) is 0 Å². The zero-order valence-corrected chi connectivity index (χ0v) is 34.3. The van der Waals surface area contributed by atoms with Crippen LogP contribution in [-0.4, -0.2) is 35.6 Å². The van der Waals surface area contributed by atoms with Crippen LogP contribution in [-0.2, 0) is 19.1 Å². The van der Waals surface area contributed by atoms with Crippen molar-refractivity contribution in [3.8, 4) is 0 Å². The molecule has 0 spiro atoms. The van der Waals surface area contributed by atoms with E-state index in [0.29, 0.717) is 12.8 Å². The first kappa shape index (κ1) is 50.3. The quantitative estimate of drug-likeness (QED) is 0.0375. The van der Waals surface area contributed by atoms with Gasteiger partial charge in [-0.05, 0) is 96.0 Å². The molecule has 0 aliphatic carbocycles. The Morgan fingerprint density at radius 2 is 0.907 bits per heavy atom. The SMILES string of the molecule is CC/C=C\C/C=C\C/C=C\C/C=C\CCCCCCCCCCC(=O)OC(/C=C\C/C=C\C/C=C\C/C=C\CC)CCCCCCCC(=O)NCC(=O)O. The number of carbonyl (C=O) groups excluding carboxylic acids is 2. The minimum Gasteiger partial charge on any atom is -0.480 e. The maximum Gasteiger partial charge on any atom is 0.322 e. The maximum atomic E-state index is 12.7. The van der Waals surface area contributed by atoms with Crippen molar-refractivity contribution in [1.82, 2.24) is 5.32 Å². The van der Waals surface area contributed by atoms with Crippen molar-refractivity contribution < 1.29 is 24.2 Å². The predicted molar refractivity (Wildman–Crippen MR) is 230 cm³/mol. The van der Waals surface area contributed by atoms with Gasteiger partial charge in [-0.25, -0.2) is 0 Å². The summed E-state index contributed by atoms with van der Waals surface area (Å²) in [6.45, 7) is 3.97. The van der Waals surface area contributed by atoms with Crippen LogP contribution in [0.5, 0.6) is 0 Å². The molecule has 0 aromatic rings. The van der Waals surface area contributed by atoms with E-state index in [1.54, 1.807) is 0 Å². The average molecular weight is 748 g/mol. The predicted octanol–water partition coefficient (Wildman–Crippen LogP) is 13.3. The average Bonchev–Trinajstić information content (AvgIpc) is 3.16. The fraction of sp³-hybridized carbons (Fsp3) is 0.604. The molecule has 6 heteroatoms. The van der Waals surface area contributed by atoms with Crippen LogP contribution >= 0.6 is 0 Å². The summed E-state index contributed by atoms with van der Waals surface area (Å²) in [6, 6.07) is 0. The van der Waals surface area contributed by atoms with Gasteiger partial charge in [-0.3, -0.25) is 14.4 Å². The number of esters is 1. The first-order chi connectivity index (χ1) is 26.5. The number of ether oxygens (including phenoxy) is 1. The third-order valence-corrected chi connectivity index (χ3v) is 8.74. The standard InChI is InChI=1S/C48H77NO5/c1-3-5-7-9-11-13-15-16-17-18-19-20-21-22-23-24-26-28-30-35-39-43-48(53)54-45(40-36-32-29-27-25-14-12-10-8-6-4-2)41-37-33-31-34-38-42-46(50)49-44-47(51)52/h5-8,11-14,16-17,19-20,27,29,36,40,45H,3-4,9-10,15,18,21-26,28,30-35,37-39,41-44H2,1-2H3,(H,49,50)(H,51,52)/b7-5-,8-6-,13-11-,14-12-,17-16-,20-19-,29-27-,40-36-. The fourth-order valence-electron chi connectivity index (χ4n) is 5.65. The molecule has 0 heterocycles. The van der Waals surface area contributed by atoms with Crippen LogP contribution < -0.4 is 5.32 Å². The summed E-state index contributed by atoms with van der Waals surface area (Å²) >= 11 is 0. The minimum atomic E-state index is -1.03. The Bertz CT molecular complexity index is 1140. The Labute approximate surface area is 330 Å². The van der Waals surface area contributed by atoms with Crippen LogP contribution in [0, 0.1) is 0 Å². The molecule has 0 fully saturated rings. The number of carbonyl (C=O) groups is 3. The molecule has 0 saturated heterocycles. The molecular formula is C48H77NO5. The van der Waals surface area contributed by atoms with E-state index in [-0.39, 0.29) is 24.5 Å². The third-order valence-electron chi connectivity index (χ3n) is 8.74. The lowest BCUT2D eigenvalue weighted by Crippen LogP contribution is -2.28. The molecule has 0 aliphatic rings. The second-order valence-electron chi connectivity index (χ2n) is 13.8. The molecule has 0 radical (unpaired) electrons. The zero-order valence-electron chi connectivity index (χ0n) is 34.3. The van der Waals surface area contributed by atoms with Gasteiger partial charge in [0.05, 0.1) is 0 Å². The van der Waals surface area contributed by atoms with Crippen LogP contribution in [0.15, 0.2) is 97.2 Å². The van der Waals surface area contributed by atoms with E-state index in [9.17, 15) is 14.4 Å². The molecule has 0 saturated carbocycles. The number of rotatable bonds is 37. The molecule has 54 heavy (non-hydrogen) atoms. The van der Waals surface area contributed by atoms with Gasteiger partial charge < -0.3 is 15.2 Å². The van der Waals surface area contributed by atoms with E-state index in [1.165, 1.54) is 44.9 Å². The first-order valence-electron chi connectivity index (χ1n) is 21.4. The Hall–Kier alpha value is -3.67. The number of carboxylic acid groups (broad SMARTS) is 1. The van der Waals surface area contributed by atoms with Crippen LogP contribution in [0.4, 0.5) is 0 Å². The van der Waals surface area contributed by atoms with Crippen molar-refractivity contribution in [2.75, 3.05) is 6.54 Å². The second kappa shape index (κ2) is 42.1. The van der Waals surface area contributed by atoms with Gasteiger partial charge in [-0.1, -0.05) is 163 Å². The van der Waals surface area contributed by atoms with Gasteiger partial charge in [0, 0.05) is 12.8 Å². The molecule has 0 bridgehead atoms.